The Balaban J connectivity index is 2.41. The molecule has 1 saturated heterocycles. The number of carbonyl (C=O) groups excluding carboxylic acids is 2. The van der Waals surface area contributed by atoms with Crippen LogP contribution in [0.15, 0.2) is 22.7 Å². The largest absolute Gasteiger partial charge is 0.322 e. The van der Waals surface area contributed by atoms with E-state index in [0.717, 1.165) is 0 Å². The third-order valence-electron chi connectivity index (χ3n) is 2.04. The zero-order chi connectivity index (χ0) is 11.0. The van der Waals surface area contributed by atoms with E-state index in [0.29, 0.717) is 4.47 Å². The Morgan fingerprint density at radius 2 is 2.07 bits per heavy atom. The van der Waals surface area contributed by atoms with Crippen molar-refractivity contribution in [1.82, 2.24) is 10.6 Å². The average molecular weight is 273 g/mol. The van der Waals surface area contributed by atoms with E-state index in [4.69, 9.17) is 0 Å². The molecule has 0 aliphatic carbocycles. The van der Waals surface area contributed by atoms with Crippen LogP contribution in [0.5, 0.6) is 0 Å². The minimum Gasteiger partial charge on any atom is -0.322 e. The number of urea groups is 1. The molecule has 6 heteroatoms. The lowest BCUT2D eigenvalue weighted by atomic mass is 10.1. The molecule has 0 saturated carbocycles. The monoisotopic (exact) mass is 272 g/mol. The predicted molar refractivity (Wildman–Crippen MR) is 53.5 cm³/mol. The summed E-state index contributed by atoms with van der Waals surface area (Å²) in [5.41, 5.74) is 0.146. The lowest BCUT2D eigenvalue weighted by molar-refractivity contribution is -0.120. The average Bonchev–Trinajstić information content (AvgIpc) is 2.50. The standard InChI is InChI=1S/C9H6BrFN2O2/c10-4-1-2-6(11)5(3-4)7-8(14)13-9(15)12-7/h1-3,7H,(H2,12,13,14,15). The third-order valence-corrected chi connectivity index (χ3v) is 2.54. The van der Waals surface area contributed by atoms with Crippen molar-refractivity contribution < 1.29 is 14.0 Å². The van der Waals surface area contributed by atoms with Gasteiger partial charge in [0.05, 0.1) is 0 Å². The molecule has 1 aliphatic rings. The fourth-order valence-corrected chi connectivity index (χ4v) is 1.75. The maximum absolute atomic E-state index is 13.4. The molecule has 1 fully saturated rings. The van der Waals surface area contributed by atoms with Crippen LogP contribution in [0, 0.1) is 5.82 Å². The van der Waals surface area contributed by atoms with Gasteiger partial charge in [0.1, 0.15) is 11.9 Å². The molecule has 2 N–H and O–H groups in total. The second-order valence-electron chi connectivity index (χ2n) is 3.06. The van der Waals surface area contributed by atoms with Gasteiger partial charge in [0.2, 0.25) is 0 Å². The number of rotatable bonds is 1. The molecule has 15 heavy (non-hydrogen) atoms. The van der Waals surface area contributed by atoms with Crippen molar-refractivity contribution in [1.29, 1.82) is 0 Å². The van der Waals surface area contributed by atoms with Gasteiger partial charge in [-0.05, 0) is 18.2 Å². The van der Waals surface area contributed by atoms with Crippen LogP contribution in [0.25, 0.3) is 0 Å². The fraction of sp³-hybridized carbons (Fsp3) is 0.111. The number of halogens is 2. The molecule has 78 valence electrons. The molecule has 1 unspecified atom stereocenters. The summed E-state index contributed by atoms with van der Waals surface area (Å²) < 4.78 is 14.0. The molecule has 2 rings (SSSR count). The van der Waals surface area contributed by atoms with Crippen molar-refractivity contribution in [2.24, 2.45) is 0 Å². The minimum absolute atomic E-state index is 0.146. The van der Waals surface area contributed by atoms with Gasteiger partial charge in [0, 0.05) is 10.0 Å². The van der Waals surface area contributed by atoms with Crippen molar-refractivity contribution >= 4 is 27.9 Å². The number of nitrogens with one attached hydrogen (secondary N) is 2. The lowest BCUT2D eigenvalue weighted by Gasteiger charge is -2.08. The summed E-state index contributed by atoms with van der Waals surface area (Å²) in [6.45, 7) is 0. The molecular formula is C9H6BrFN2O2. The fourth-order valence-electron chi connectivity index (χ4n) is 1.37. The highest BCUT2D eigenvalue weighted by atomic mass is 79.9. The van der Waals surface area contributed by atoms with E-state index in [2.05, 4.69) is 21.2 Å². The number of benzene rings is 1. The number of imide groups is 1. The van der Waals surface area contributed by atoms with Crippen LogP contribution in [0.2, 0.25) is 0 Å². The van der Waals surface area contributed by atoms with E-state index in [1.807, 2.05) is 5.32 Å². The normalized spacial score (nSPS) is 20.0. The first-order chi connectivity index (χ1) is 7.08. The van der Waals surface area contributed by atoms with Crippen LogP contribution in [-0.2, 0) is 4.79 Å². The molecule has 0 spiro atoms. The molecule has 3 amide bonds. The Morgan fingerprint density at radius 3 is 2.67 bits per heavy atom. The van der Waals surface area contributed by atoms with Crippen LogP contribution < -0.4 is 10.6 Å². The Labute approximate surface area is 93.0 Å². The Bertz CT molecular complexity index is 450. The first-order valence-corrected chi connectivity index (χ1v) is 4.93. The highest BCUT2D eigenvalue weighted by Crippen LogP contribution is 2.23. The SMILES string of the molecule is O=C1NC(=O)C(c2cc(Br)ccc2F)N1. The summed E-state index contributed by atoms with van der Waals surface area (Å²) in [5, 5.41) is 4.37. The van der Waals surface area contributed by atoms with E-state index in [-0.39, 0.29) is 5.56 Å². The molecule has 1 aliphatic heterocycles. The lowest BCUT2D eigenvalue weighted by Crippen LogP contribution is -2.22. The summed E-state index contributed by atoms with van der Waals surface area (Å²) in [6, 6.07) is 2.66. The van der Waals surface area contributed by atoms with E-state index >= 15 is 0 Å². The van der Waals surface area contributed by atoms with Gasteiger partial charge in [-0.3, -0.25) is 10.1 Å². The zero-order valence-electron chi connectivity index (χ0n) is 7.38. The molecular weight excluding hydrogens is 267 g/mol. The van der Waals surface area contributed by atoms with Crippen LogP contribution in [0.1, 0.15) is 11.6 Å². The third kappa shape index (κ3) is 1.85. The van der Waals surface area contributed by atoms with E-state index in [1.54, 1.807) is 0 Å². The second kappa shape index (κ2) is 3.62. The molecule has 1 heterocycles. The molecule has 1 atom stereocenters. The van der Waals surface area contributed by atoms with Gasteiger partial charge in [-0.1, -0.05) is 15.9 Å². The predicted octanol–water partition coefficient (Wildman–Crippen LogP) is 1.47. The highest BCUT2D eigenvalue weighted by Gasteiger charge is 2.32. The summed E-state index contributed by atoms with van der Waals surface area (Å²) in [6.07, 6.45) is 0. The van der Waals surface area contributed by atoms with Crippen molar-refractivity contribution in [2.75, 3.05) is 0 Å². The molecule has 1 aromatic rings. The van der Waals surface area contributed by atoms with Crippen molar-refractivity contribution in [3.8, 4) is 0 Å². The van der Waals surface area contributed by atoms with Crippen molar-refractivity contribution in [2.45, 2.75) is 6.04 Å². The van der Waals surface area contributed by atoms with E-state index in [9.17, 15) is 14.0 Å². The first-order valence-electron chi connectivity index (χ1n) is 4.14. The Hall–Kier alpha value is -1.43. The quantitative estimate of drug-likeness (QED) is 0.761. The van der Waals surface area contributed by atoms with Gasteiger partial charge < -0.3 is 5.32 Å². The number of amides is 3. The number of hydrogen-bond acceptors (Lipinski definition) is 2. The molecule has 0 aromatic heterocycles. The number of hydrogen-bond donors (Lipinski definition) is 2. The maximum Gasteiger partial charge on any atom is 0.322 e. The van der Waals surface area contributed by atoms with Crippen LogP contribution in [0.4, 0.5) is 9.18 Å². The zero-order valence-corrected chi connectivity index (χ0v) is 8.97. The molecule has 0 radical (unpaired) electrons. The topological polar surface area (TPSA) is 58.2 Å². The minimum atomic E-state index is -0.949. The van der Waals surface area contributed by atoms with Crippen LogP contribution in [-0.4, -0.2) is 11.9 Å². The maximum atomic E-state index is 13.4. The van der Waals surface area contributed by atoms with Gasteiger partial charge in [-0.2, -0.15) is 0 Å². The summed E-state index contributed by atoms with van der Waals surface area (Å²) in [5.74, 6) is -1.07. The summed E-state index contributed by atoms with van der Waals surface area (Å²) in [7, 11) is 0. The Morgan fingerprint density at radius 1 is 1.33 bits per heavy atom. The van der Waals surface area contributed by atoms with Crippen molar-refractivity contribution in [3.63, 3.8) is 0 Å². The van der Waals surface area contributed by atoms with Gasteiger partial charge in [-0.15, -0.1) is 0 Å². The van der Waals surface area contributed by atoms with Crippen molar-refractivity contribution in [3.05, 3.63) is 34.1 Å². The second-order valence-corrected chi connectivity index (χ2v) is 3.98. The van der Waals surface area contributed by atoms with Crippen LogP contribution in [0.3, 0.4) is 0 Å². The van der Waals surface area contributed by atoms with E-state index < -0.39 is 23.8 Å². The van der Waals surface area contributed by atoms with Gasteiger partial charge in [0.15, 0.2) is 0 Å². The van der Waals surface area contributed by atoms with E-state index in [1.165, 1.54) is 18.2 Å². The van der Waals surface area contributed by atoms with Gasteiger partial charge in [0.25, 0.3) is 5.91 Å². The molecule has 0 bridgehead atoms. The summed E-state index contributed by atoms with van der Waals surface area (Å²) in [4.78, 5) is 22.1. The van der Waals surface area contributed by atoms with Gasteiger partial charge >= 0.3 is 6.03 Å². The van der Waals surface area contributed by atoms with Gasteiger partial charge in [-0.25, -0.2) is 9.18 Å². The molecule has 4 nitrogen and oxygen atoms in total. The highest BCUT2D eigenvalue weighted by molar-refractivity contribution is 9.10. The summed E-state index contributed by atoms with van der Waals surface area (Å²) >= 11 is 3.17. The smallest absolute Gasteiger partial charge is 0.322 e. The van der Waals surface area contributed by atoms with Crippen LogP contribution >= 0.6 is 15.9 Å². The number of carbonyl (C=O) groups is 2. The first kappa shape index (κ1) is 10.1. The molecule has 1 aromatic carbocycles. The Kier molecular flexibility index (Phi) is 2.44.